The average Bonchev–Trinajstić information content (AvgIpc) is 2.28. The number of hydrogen-bond acceptors (Lipinski definition) is 7. The number of methoxy groups -OCH3 is 1. The first kappa shape index (κ1) is 12.5. The summed E-state index contributed by atoms with van der Waals surface area (Å²) >= 11 is 0. The third-order valence-electron chi connectivity index (χ3n) is 2.00. The van der Waals surface area contributed by atoms with E-state index < -0.39 is 5.54 Å². The van der Waals surface area contributed by atoms with Crippen LogP contribution in [0.15, 0.2) is 6.33 Å². The number of hydrogen-bond donors (Lipinski definition) is 4. The molecule has 0 aromatic carbocycles. The number of aromatic nitrogens is 2. The largest absolute Gasteiger partial charge is 0.490 e. The van der Waals surface area contributed by atoms with Gasteiger partial charge in [0.05, 0.1) is 19.3 Å². The van der Waals surface area contributed by atoms with Gasteiger partial charge in [-0.05, 0) is 13.8 Å². The van der Waals surface area contributed by atoms with Crippen LogP contribution < -0.4 is 21.3 Å². The number of ether oxygens (including phenoxy) is 1. The molecule has 1 aromatic heterocycles. The number of aliphatic hydroxyl groups excluding tert-OH is 1. The van der Waals surface area contributed by atoms with Crippen LogP contribution in [0.25, 0.3) is 0 Å². The van der Waals surface area contributed by atoms with Crippen molar-refractivity contribution in [3.8, 4) is 5.75 Å². The van der Waals surface area contributed by atoms with E-state index in [0.717, 1.165) is 0 Å². The van der Waals surface area contributed by atoms with Crippen molar-refractivity contribution in [3.63, 3.8) is 0 Å². The Hall–Kier alpha value is -1.60. The van der Waals surface area contributed by atoms with Crippen LogP contribution in [0.5, 0.6) is 5.75 Å². The number of nitrogens with one attached hydrogen (secondary N) is 2. The third-order valence-corrected chi connectivity index (χ3v) is 2.00. The zero-order valence-electron chi connectivity index (χ0n) is 9.61. The van der Waals surface area contributed by atoms with Gasteiger partial charge in [-0.25, -0.2) is 15.8 Å². The van der Waals surface area contributed by atoms with Crippen LogP contribution in [0, 0.1) is 0 Å². The van der Waals surface area contributed by atoms with E-state index >= 15 is 0 Å². The van der Waals surface area contributed by atoms with Crippen molar-refractivity contribution in [3.05, 3.63) is 6.33 Å². The van der Waals surface area contributed by atoms with Crippen LogP contribution in [-0.2, 0) is 0 Å². The fraction of sp³-hybridized carbons (Fsp3) is 0.556. The first-order chi connectivity index (χ1) is 7.54. The molecule has 0 unspecified atom stereocenters. The lowest BCUT2D eigenvalue weighted by atomic mass is 10.1. The molecule has 0 bridgehead atoms. The Morgan fingerprint density at radius 1 is 1.44 bits per heavy atom. The van der Waals surface area contributed by atoms with E-state index in [-0.39, 0.29) is 6.61 Å². The molecule has 1 heterocycles. The molecule has 0 fully saturated rings. The Labute approximate surface area is 94.0 Å². The summed E-state index contributed by atoms with van der Waals surface area (Å²) in [5.74, 6) is 6.56. The van der Waals surface area contributed by atoms with Crippen molar-refractivity contribution >= 4 is 11.6 Å². The van der Waals surface area contributed by atoms with Crippen molar-refractivity contribution in [1.82, 2.24) is 9.97 Å². The zero-order valence-corrected chi connectivity index (χ0v) is 9.61. The zero-order chi connectivity index (χ0) is 12.2. The molecule has 7 heteroatoms. The lowest BCUT2D eigenvalue weighted by Crippen LogP contribution is -2.35. The number of nitrogen functional groups attached to an aromatic ring is 1. The number of hydrazine groups is 1. The third kappa shape index (κ3) is 2.71. The van der Waals surface area contributed by atoms with Gasteiger partial charge in [0.2, 0.25) is 5.75 Å². The number of nitrogens with two attached hydrogens (primary N) is 1. The standard InChI is InChI=1S/C9H17N5O2/c1-9(2,4-15)13-7-6(16-3)8(14-10)12-5-11-7/h5,15H,4,10H2,1-3H3,(H2,11,12,13,14). The summed E-state index contributed by atoms with van der Waals surface area (Å²) in [7, 11) is 1.50. The Bertz CT molecular complexity index is 356. The Balaban J connectivity index is 3.04. The molecular formula is C9H17N5O2. The van der Waals surface area contributed by atoms with E-state index in [1.165, 1.54) is 13.4 Å². The Morgan fingerprint density at radius 3 is 2.56 bits per heavy atom. The molecule has 0 spiro atoms. The van der Waals surface area contributed by atoms with E-state index in [1.807, 2.05) is 13.8 Å². The molecule has 1 rings (SSSR count). The second-order valence-corrected chi connectivity index (χ2v) is 3.92. The van der Waals surface area contributed by atoms with Crippen molar-refractivity contribution in [2.75, 3.05) is 24.5 Å². The van der Waals surface area contributed by atoms with E-state index in [2.05, 4.69) is 20.7 Å². The lowest BCUT2D eigenvalue weighted by molar-refractivity contribution is 0.233. The van der Waals surface area contributed by atoms with Crippen LogP contribution in [0.1, 0.15) is 13.8 Å². The van der Waals surface area contributed by atoms with Gasteiger partial charge in [-0.15, -0.1) is 0 Å². The van der Waals surface area contributed by atoms with E-state index in [4.69, 9.17) is 15.7 Å². The van der Waals surface area contributed by atoms with E-state index in [0.29, 0.717) is 17.4 Å². The van der Waals surface area contributed by atoms with Crippen LogP contribution in [-0.4, -0.2) is 34.3 Å². The van der Waals surface area contributed by atoms with Crippen LogP contribution in [0.2, 0.25) is 0 Å². The van der Waals surface area contributed by atoms with Crippen molar-refractivity contribution in [2.24, 2.45) is 5.84 Å². The maximum absolute atomic E-state index is 9.16. The molecule has 90 valence electrons. The normalized spacial score (nSPS) is 11.1. The quantitative estimate of drug-likeness (QED) is 0.413. The van der Waals surface area contributed by atoms with Crippen molar-refractivity contribution < 1.29 is 9.84 Å². The lowest BCUT2D eigenvalue weighted by Gasteiger charge is -2.25. The smallest absolute Gasteiger partial charge is 0.205 e. The van der Waals surface area contributed by atoms with Gasteiger partial charge in [0.25, 0.3) is 0 Å². The first-order valence-corrected chi connectivity index (χ1v) is 4.78. The molecule has 0 saturated carbocycles. The van der Waals surface area contributed by atoms with Gasteiger partial charge >= 0.3 is 0 Å². The maximum Gasteiger partial charge on any atom is 0.205 e. The highest BCUT2D eigenvalue weighted by atomic mass is 16.5. The average molecular weight is 227 g/mol. The number of nitrogens with zero attached hydrogens (tertiary/aromatic N) is 2. The minimum atomic E-state index is -0.506. The molecule has 0 aliphatic carbocycles. The van der Waals surface area contributed by atoms with Gasteiger partial charge in [-0.2, -0.15) is 0 Å². The van der Waals surface area contributed by atoms with Crippen LogP contribution in [0.3, 0.4) is 0 Å². The molecule has 0 atom stereocenters. The summed E-state index contributed by atoms with van der Waals surface area (Å²) in [5.41, 5.74) is 1.91. The molecular weight excluding hydrogens is 210 g/mol. The van der Waals surface area contributed by atoms with Crippen LogP contribution >= 0.6 is 0 Å². The highest BCUT2D eigenvalue weighted by Crippen LogP contribution is 2.29. The molecule has 1 aromatic rings. The summed E-state index contributed by atoms with van der Waals surface area (Å²) in [6.45, 7) is 3.64. The van der Waals surface area contributed by atoms with Gasteiger partial charge in [0, 0.05) is 0 Å². The highest BCUT2D eigenvalue weighted by Gasteiger charge is 2.20. The number of aliphatic hydroxyl groups is 1. The van der Waals surface area contributed by atoms with Gasteiger partial charge in [-0.1, -0.05) is 0 Å². The topological polar surface area (TPSA) is 105 Å². The van der Waals surface area contributed by atoms with Crippen LogP contribution in [0.4, 0.5) is 11.6 Å². The molecule has 0 saturated heterocycles. The monoisotopic (exact) mass is 227 g/mol. The number of anilines is 2. The number of rotatable bonds is 5. The highest BCUT2D eigenvalue weighted by molar-refractivity contribution is 5.63. The summed E-state index contributed by atoms with van der Waals surface area (Å²) < 4.78 is 5.15. The Kier molecular flexibility index (Phi) is 3.86. The molecule has 0 amide bonds. The fourth-order valence-corrected chi connectivity index (χ4v) is 1.12. The van der Waals surface area contributed by atoms with E-state index in [1.54, 1.807) is 0 Å². The maximum atomic E-state index is 9.16. The van der Waals surface area contributed by atoms with Gasteiger partial charge in [-0.3, -0.25) is 0 Å². The second-order valence-electron chi connectivity index (χ2n) is 3.92. The minimum absolute atomic E-state index is 0.0362. The second kappa shape index (κ2) is 4.95. The van der Waals surface area contributed by atoms with Gasteiger partial charge < -0.3 is 20.6 Å². The summed E-state index contributed by atoms with van der Waals surface area (Å²) in [5, 5.41) is 12.2. The molecule has 16 heavy (non-hydrogen) atoms. The summed E-state index contributed by atoms with van der Waals surface area (Å²) in [6, 6.07) is 0. The predicted octanol–water partition coefficient (Wildman–Crippen LogP) is -0.0464. The molecule has 0 aliphatic rings. The molecule has 0 aliphatic heterocycles. The van der Waals surface area contributed by atoms with Gasteiger partial charge in [0.1, 0.15) is 6.33 Å². The molecule has 7 nitrogen and oxygen atoms in total. The summed E-state index contributed by atoms with van der Waals surface area (Å²) in [4.78, 5) is 7.95. The van der Waals surface area contributed by atoms with E-state index in [9.17, 15) is 0 Å². The SMILES string of the molecule is COc1c(NN)ncnc1NC(C)(C)CO. The fourth-order valence-electron chi connectivity index (χ4n) is 1.12. The minimum Gasteiger partial charge on any atom is -0.490 e. The first-order valence-electron chi connectivity index (χ1n) is 4.78. The predicted molar refractivity (Wildman–Crippen MR) is 61.2 cm³/mol. The summed E-state index contributed by atoms with van der Waals surface area (Å²) in [6.07, 6.45) is 1.35. The van der Waals surface area contributed by atoms with Crippen molar-refractivity contribution in [1.29, 1.82) is 0 Å². The molecule has 5 N–H and O–H groups in total. The van der Waals surface area contributed by atoms with Crippen molar-refractivity contribution in [2.45, 2.75) is 19.4 Å². The molecule has 0 radical (unpaired) electrons. The Morgan fingerprint density at radius 2 is 2.06 bits per heavy atom. The van der Waals surface area contributed by atoms with Gasteiger partial charge in [0.15, 0.2) is 11.6 Å².